The Morgan fingerprint density at radius 2 is 1.90 bits per heavy atom. The number of ether oxygens (including phenoxy) is 1. The van der Waals surface area contributed by atoms with E-state index < -0.39 is 15.9 Å². The van der Waals surface area contributed by atoms with Crippen molar-refractivity contribution in [2.45, 2.75) is 17.7 Å². The Hall–Kier alpha value is -2.91. The lowest BCUT2D eigenvalue weighted by Gasteiger charge is -2.18. The van der Waals surface area contributed by atoms with Crippen molar-refractivity contribution in [3.63, 3.8) is 0 Å². The highest BCUT2D eigenvalue weighted by atomic mass is 32.2. The quantitative estimate of drug-likeness (QED) is 0.670. The first kappa shape index (κ1) is 22.8. The minimum absolute atomic E-state index is 0.0422. The molecular weight excluding hydrogens is 418 g/mol. The summed E-state index contributed by atoms with van der Waals surface area (Å²) < 4.78 is 31.2. The van der Waals surface area contributed by atoms with Gasteiger partial charge < -0.3 is 15.0 Å². The molecule has 2 amide bonds. The van der Waals surface area contributed by atoms with Crippen LogP contribution in [0.5, 0.6) is 5.75 Å². The second-order valence-corrected chi connectivity index (χ2v) is 9.77. The van der Waals surface area contributed by atoms with Crippen molar-refractivity contribution in [1.82, 2.24) is 9.21 Å². The number of nitrogens with zero attached hydrogens (tertiary/aromatic N) is 2. The highest BCUT2D eigenvalue weighted by molar-refractivity contribution is 7.89. The number of benzene rings is 2. The fraction of sp³-hybridized carbons (Fsp3) is 0.364. The van der Waals surface area contributed by atoms with Crippen molar-refractivity contribution in [2.24, 2.45) is 5.92 Å². The van der Waals surface area contributed by atoms with Gasteiger partial charge >= 0.3 is 0 Å². The number of carbonyl (C=O) groups is 2. The molecule has 1 atom stereocenters. The summed E-state index contributed by atoms with van der Waals surface area (Å²) in [7, 11) is 0.647. The van der Waals surface area contributed by atoms with Crippen LogP contribution < -0.4 is 10.1 Å². The van der Waals surface area contributed by atoms with Crippen LogP contribution in [-0.2, 0) is 26.0 Å². The minimum atomic E-state index is -3.67. The van der Waals surface area contributed by atoms with Crippen LogP contribution in [0.1, 0.15) is 12.0 Å². The Balaban J connectivity index is 1.69. The van der Waals surface area contributed by atoms with Gasteiger partial charge in [0, 0.05) is 33.6 Å². The Labute approximate surface area is 182 Å². The van der Waals surface area contributed by atoms with E-state index >= 15 is 0 Å². The van der Waals surface area contributed by atoms with E-state index in [1.807, 2.05) is 30.3 Å². The summed E-state index contributed by atoms with van der Waals surface area (Å²) in [5, 5.41) is 2.74. The third-order valence-corrected chi connectivity index (χ3v) is 7.12. The van der Waals surface area contributed by atoms with Crippen molar-refractivity contribution in [1.29, 1.82) is 0 Å². The Morgan fingerprint density at radius 1 is 1.19 bits per heavy atom. The Kier molecular flexibility index (Phi) is 6.97. The van der Waals surface area contributed by atoms with Crippen LogP contribution in [0.4, 0.5) is 5.69 Å². The first-order chi connectivity index (χ1) is 14.7. The highest BCUT2D eigenvalue weighted by Gasteiger charge is 2.34. The number of hydrogen-bond donors (Lipinski definition) is 1. The normalized spacial score (nSPS) is 16.6. The molecule has 0 bridgehead atoms. The van der Waals surface area contributed by atoms with Crippen LogP contribution in [0.25, 0.3) is 0 Å². The third kappa shape index (κ3) is 5.23. The van der Waals surface area contributed by atoms with E-state index in [1.54, 1.807) is 4.90 Å². The van der Waals surface area contributed by atoms with Crippen molar-refractivity contribution >= 4 is 27.5 Å². The molecule has 166 valence electrons. The average Bonchev–Trinajstić information content (AvgIpc) is 3.13. The zero-order chi connectivity index (χ0) is 22.6. The molecule has 1 aliphatic rings. The van der Waals surface area contributed by atoms with Crippen LogP contribution in [-0.4, -0.2) is 63.7 Å². The highest BCUT2D eigenvalue weighted by Crippen LogP contribution is 2.30. The molecule has 31 heavy (non-hydrogen) atoms. The summed E-state index contributed by atoms with van der Waals surface area (Å²) in [6.07, 6.45) is 0.845. The fourth-order valence-corrected chi connectivity index (χ4v) is 4.39. The molecule has 2 aromatic rings. The smallest absolute Gasteiger partial charge is 0.242 e. The first-order valence-electron chi connectivity index (χ1n) is 9.95. The maximum atomic E-state index is 12.8. The molecule has 0 aromatic heterocycles. The fourth-order valence-electron chi connectivity index (χ4n) is 3.46. The van der Waals surface area contributed by atoms with Gasteiger partial charge in [-0.05, 0) is 30.2 Å². The van der Waals surface area contributed by atoms with Gasteiger partial charge in [-0.3, -0.25) is 9.59 Å². The number of anilines is 1. The average molecular weight is 446 g/mol. The number of amides is 2. The second kappa shape index (κ2) is 9.49. The molecular formula is C22H27N3O5S. The number of hydrogen-bond acceptors (Lipinski definition) is 5. The summed E-state index contributed by atoms with van der Waals surface area (Å²) in [6.45, 7) is 0.877. The number of likely N-dealkylation sites (tertiary alicyclic amines) is 1. The van der Waals surface area contributed by atoms with Crippen molar-refractivity contribution < 1.29 is 22.7 Å². The van der Waals surface area contributed by atoms with Crippen LogP contribution in [0.2, 0.25) is 0 Å². The topological polar surface area (TPSA) is 96.0 Å². The summed E-state index contributed by atoms with van der Waals surface area (Å²) in [5.74, 6) is -0.571. The minimum Gasteiger partial charge on any atom is -0.495 e. The van der Waals surface area contributed by atoms with Gasteiger partial charge in [0.05, 0.1) is 23.6 Å². The van der Waals surface area contributed by atoms with Crippen molar-refractivity contribution in [3.05, 3.63) is 54.1 Å². The van der Waals surface area contributed by atoms with Gasteiger partial charge in [-0.2, -0.15) is 0 Å². The van der Waals surface area contributed by atoms with Crippen LogP contribution in [0.15, 0.2) is 53.4 Å². The third-order valence-electron chi connectivity index (χ3n) is 5.31. The second-order valence-electron chi connectivity index (χ2n) is 7.62. The Bertz CT molecular complexity index is 1050. The molecule has 0 saturated carbocycles. The van der Waals surface area contributed by atoms with Gasteiger partial charge in [-0.15, -0.1) is 0 Å². The predicted molar refractivity (Wildman–Crippen MR) is 117 cm³/mol. The maximum Gasteiger partial charge on any atom is 0.242 e. The van der Waals surface area contributed by atoms with Crippen LogP contribution >= 0.6 is 0 Å². The summed E-state index contributed by atoms with van der Waals surface area (Å²) in [4.78, 5) is 27.0. The molecule has 1 aliphatic heterocycles. The summed E-state index contributed by atoms with van der Waals surface area (Å²) >= 11 is 0. The van der Waals surface area contributed by atoms with Crippen LogP contribution in [0, 0.1) is 5.92 Å². The van der Waals surface area contributed by atoms with E-state index in [0.717, 1.165) is 16.3 Å². The van der Waals surface area contributed by atoms with E-state index in [1.165, 1.54) is 39.4 Å². The molecule has 0 radical (unpaired) electrons. The predicted octanol–water partition coefficient (Wildman–Crippen LogP) is 1.98. The van der Waals surface area contributed by atoms with Crippen molar-refractivity contribution in [3.8, 4) is 5.75 Å². The maximum absolute atomic E-state index is 12.8. The standard InChI is InChI=1S/C22H27N3O5S/c1-24(2)31(28,29)18-9-10-20(30-3)19(14-18)23-22(27)17-13-21(26)25(15-17)12-11-16-7-5-4-6-8-16/h4-10,14,17H,11-13,15H2,1-3H3,(H,23,27). The van der Waals surface area contributed by atoms with Crippen LogP contribution in [0.3, 0.4) is 0 Å². The zero-order valence-corrected chi connectivity index (χ0v) is 18.7. The van der Waals surface area contributed by atoms with E-state index in [4.69, 9.17) is 4.74 Å². The molecule has 0 spiro atoms. The molecule has 1 N–H and O–H groups in total. The van der Waals surface area contributed by atoms with E-state index in [9.17, 15) is 18.0 Å². The number of sulfonamides is 1. The van der Waals surface area contributed by atoms with Gasteiger partial charge in [-0.25, -0.2) is 12.7 Å². The van der Waals surface area contributed by atoms with Gasteiger partial charge in [0.15, 0.2) is 0 Å². The van der Waals surface area contributed by atoms with E-state index in [0.29, 0.717) is 18.8 Å². The molecule has 2 aromatic carbocycles. The number of carbonyl (C=O) groups excluding carboxylic acids is 2. The molecule has 0 aliphatic carbocycles. The molecule has 9 heteroatoms. The van der Waals surface area contributed by atoms with Gasteiger partial charge in [0.1, 0.15) is 5.75 Å². The number of nitrogens with one attached hydrogen (secondary N) is 1. The number of methoxy groups -OCH3 is 1. The molecule has 1 heterocycles. The van der Waals surface area contributed by atoms with Gasteiger partial charge in [-0.1, -0.05) is 30.3 Å². The molecule has 8 nitrogen and oxygen atoms in total. The lowest BCUT2D eigenvalue weighted by atomic mass is 10.1. The zero-order valence-electron chi connectivity index (χ0n) is 17.9. The summed E-state index contributed by atoms with van der Waals surface area (Å²) in [5.41, 5.74) is 1.39. The van der Waals surface area contributed by atoms with E-state index in [-0.39, 0.29) is 28.8 Å². The van der Waals surface area contributed by atoms with Gasteiger partial charge in [0.2, 0.25) is 21.8 Å². The summed E-state index contributed by atoms with van der Waals surface area (Å²) in [6, 6.07) is 14.2. The SMILES string of the molecule is COc1ccc(S(=O)(=O)N(C)C)cc1NC(=O)C1CC(=O)N(CCc2ccccc2)C1. The lowest BCUT2D eigenvalue weighted by molar-refractivity contribution is -0.128. The van der Waals surface area contributed by atoms with E-state index in [2.05, 4.69) is 5.32 Å². The largest absolute Gasteiger partial charge is 0.495 e. The Morgan fingerprint density at radius 3 is 2.55 bits per heavy atom. The van der Waals surface area contributed by atoms with Gasteiger partial charge in [0.25, 0.3) is 0 Å². The number of rotatable bonds is 8. The molecule has 1 fully saturated rings. The lowest BCUT2D eigenvalue weighted by Crippen LogP contribution is -2.30. The molecule has 1 saturated heterocycles. The monoisotopic (exact) mass is 445 g/mol. The first-order valence-corrected chi connectivity index (χ1v) is 11.4. The van der Waals surface area contributed by atoms with Crippen molar-refractivity contribution in [2.75, 3.05) is 39.6 Å². The molecule has 3 rings (SSSR count). The molecule has 1 unspecified atom stereocenters.